The first-order chi connectivity index (χ1) is 22.5. The van der Waals surface area contributed by atoms with Crippen molar-refractivity contribution in [3.05, 3.63) is 69.4 Å². The number of halogens is 3. The number of thioether (sulfide) groups is 1. The molecule has 2 aromatic rings. The average molecular weight is 713 g/mol. The number of aliphatic carboxylic acids is 2. The number of carboxylic acids is 3. The molecule has 0 saturated carbocycles. The summed E-state index contributed by atoms with van der Waals surface area (Å²) in [5.41, 5.74) is 6.46. The molecule has 0 bridgehead atoms. The summed E-state index contributed by atoms with van der Waals surface area (Å²) in [6, 6.07) is 5.11. The van der Waals surface area contributed by atoms with Gasteiger partial charge >= 0.3 is 24.1 Å². The van der Waals surface area contributed by atoms with Crippen molar-refractivity contribution < 1.29 is 62.5 Å². The van der Waals surface area contributed by atoms with Crippen LogP contribution in [0.3, 0.4) is 0 Å². The third-order valence-corrected chi connectivity index (χ3v) is 8.92. The lowest BCUT2D eigenvalue weighted by atomic mass is 10.0. The maximum absolute atomic E-state index is 13.1. The molecule has 1 aromatic carbocycles. The van der Waals surface area contributed by atoms with E-state index in [0.717, 1.165) is 21.8 Å². The molecule has 3 aliphatic rings. The molecule has 16 nitrogen and oxygen atoms in total. The summed E-state index contributed by atoms with van der Waals surface area (Å²) in [6.45, 7) is 0.656. The van der Waals surface area contributed by atoms with E-state index in [4.69, 9.17) is 20.7 Å². The summed E-state index contributed by atoms with van der Waals surface area (Å²) in [5, 5.41) is 41.7. The molecular weight excluding hydrogens is 689 g/mol. The van der Waals surface area contributed by atoms with E-state index in [9.17, 15) is 47.5 Å². The number of alkyl halides is 3. The molecular formula is C27H23F3N6O10S2. The minimum atomic E-state index is -5.08. The monoisotopic (exact) mass is 712 g/mol. The van der Waals surface area contributed by atoms with Crippen LogP contribution in [0.2, 0.25) is 0 Å². The zero-order chi connectivity index (χ0) is 35.5. The number of nitrogens with two attached hydrogens (primary N) is 1. The van der Waals surface area contributed by atoms with E-state index in [1.54, 1.807) is 17.0 Å². The van der Waals surface area contributed by atoms with Gasteiger partial charge in [0.05, 0.1) is 5.56 Å². The lowest BCUT2D eigenvalue weighted by Crippen LogP contribution is -2.71. The number of thiazole rings is 1. The van der Waals surface area contributed by atoms with Crippen LogP contribution < -0.4 is 11.1 Å². The molecule has 1 aromatic heterocycles. The predicted molar refractivity (Wildman–Crippen MR) is 160 cm³/mol. The van der Waals surface area contributed by atoms with Crippen LogP contribution in [0.1, 0.15) is 28.0 Å². The minimum Gasteiger partial charge on any atom is -0.478 e. The van der Waals surface area contributed by atoms with E-state index in [0.29, 0.717) is 24.1 Å². The van der Waals surface area contributed by atoms with E-state index in [2.05, 4.69) is 15.5 Å². The highest BCUT2D eigenvalue weighted by atomic mass is 32.2. The number of nitrogen functional groups attached to an aromatic ring is 1. The van der Waals surface area contributed by atoms with Crippen LogP contribution >= 0.6 is 23.1 Å². The van der Waals surface area contributed by atoms with Crippen LogP contribution in [0.5, 0.6) is 0 Å². The second-order valence-electron chi connectivity index (χ2n) is 10.0. The van der Waals surface area contributed by atoms with Crippen molar-refractivity contribution in [2.24, 2.45) is 5.16 Å². The standard InChI is InChI=1S/C25H22N6O8S2.C2HF3O2/c26-25-27-15(10-41-25)16(29-39)19(32)28-17-21(34)31-18(24(37)38)14(9-40-22(17)31)7-13-5-6-30(20(13)33)8-11-1-3-12(4-2-11)23(35)36;3-2(4,5)1(6)7/h1-4,7,10,17,22,39H,5-6,8-9H2,(H2,26,27)(H,28,32)(H,35,36)(H,37,38);(H,6,7)/b13-7+,29-16-;/t17-,22-;/m1./s1. The molecule has 3 amide bonds. The number of hydrogen-bond acceptors (Lipinski definition) is 12. The smallest absolute Gasteiger partial charge is 0.478 e. The molecule has 0 unspecified atom stereocenters. The number of rotatable bonds is 8. The normalized spacial score (nSPS) is 20.1. The molecule has 0 radical (unpaired) electrons. The number of carbonyl (C=O) groups is 6. The number of nitrogens with one attached hydrogen (secondary N) is 1. The quantitative estimate of drug-likeness (QED) is 0.0744. The van der Waals surface area contributed by atoms with Gasteiger partial charge < -0.3 is 36.5 Å². The zero-order valence-corrected chi connectivity index (χ0v) is 25.6. The van der Waals surface area contributed by atoms with Crippen molar-refractivity contribution in [1.82, 2.24) is 20.1 Å². The first-order valence-corrected chi connectivity index (χ1v) is 15.2. The van der Waals surface area contributed by atoms with Crippen molar-refractivity contribution in [3.63, 3.8) is 0 Å². The lowest BCUT2D eigenvalue weighted by molar-refractivity contribution is -0.192. The van der Waals surface area contributed by atoms with Crippen LogP contribution in [0.15, 0.2) is 57.7 Å². The van der Waals surface area contributed by atoms with Crippen molar-refractivity contribution in [1.29, 1.82) is 0 Å². The molecule has 5 rings (SSSR count). The van der Waals surface area contributed by atoms with Crippen LogP contribution in [0.25, 0.3) is 0 Å². The van der Waals surface area contributed by atoms with Crippen LogP contribution in [0, 0.1) is 0 Å². The molecule has 254 valence electrons. The number of β-lactam (4-membered cyclic amide) rings is 1. The zero-order valence-electron chi connectivity index (χ0n) is 24.0. The Morgan fingerprint density at radius 2 is 1.75 bits per heavy atom. The van der Waals surface area contributed by atoms with Gasteiger partial charge in [-0.1, -0.05) is 17.3 Å². The van der Waals surface area contributed by atoms with Gasteiger partial charge in [0.1, 0.15) is 22.8 Å². The number of carboxylic acid groups (broad SMARTS) is 3. The number of likely N-dealkylation sites (tertiary alicyclic amines) is 1. The summed E-state index contributed by atoms with van der Waals surface area (Å²) < 4.78 is 31.7. The van der Waals surface area contributed by atoms with E-state index in [-0.39, 0.29) is 40.3 Å². The van der Waals surface area contributed by atoms with Crippen LogP contribution in [0.4, 0.5) is 18.3 Å². The number of amides is 3. The molecule has 2 fully saturated rings. The lowest BCUT2D eigenvalue weighted by Gasteiger charge is -2.49. The van der Waals surface area contributed by atoms with E-state index in [1.807, 2.05) is 0 Å². The number of allylic oxidation sites excluding steroid dienone is 1. The largest absolute Gasteiger partial charge is 0.490 e. The van der Waals surface area contributed by atoms with Crippen molar-refractivity contribution in [2.75, 3.05) is 18.0 Å². The highest BCUT2D eigenvalue weighted by Crippen LogP contribution is 2.41. The molecule has 3 aliphatic heterocycles. The number of oxime groups is 1. The maximum atomic E-state index is 13.1. The predicted octanol–water partition coefficient (Wildman–Crippen LogP) is 1.33. The van der Waals surface area contributed by atoms with Gasteiger partial charge in [0, 0.05) is 29.8 Å². The molecule has 0 aliphatic carbocycles. The molecule has 48 heavy (non-hydrogen) atoms. The Labute approximate surface area is 275 Å². The first-order valence-electron chi connectivity index (χ1n) is 13.3. The number of nitrogens with zero attached hydrogens (tertiary/aromatic N) is 4. The number of anilines is 1. The summed E-state index contributed by atoms with van der Waals surface area (Å²) in [4.78, 5) is 77.5. The fraction of sp³-hybridized carbons (Fsp3) is 0.259. The van der Waals surface area contributed by atoms with Gasteiger partial charge in [0.2, 0.25) is 5.91 Å². The first kappa shape index (κ1) is 35.4. The second kappa shape index (κ2) is 14.1. The van der Waals surface area contributed by atoms with E-state index >= 15 is 0 Å². The fourth-order valence-electron chi connectivity index (χ4n) is 4.71. The van der Waals surface area contributed by atoms with Gasteiger partial charge in [-0.25, -0.2) is 19.4 Å². The Bertz CT molecular complexity index is 1770. The van der Waals surface area contributed by atoms with Gasteiger partial charge in [-0.05, 0) is 35.8 Å². The SMILES string of the molecule is Nc1nc(/C(=N/O)C(=O)N[C@@H]2C(=O)N3C(C(=O)O)=C(/C=C4\CCN(Cc5ccc(C(=O)O)cc5)C4=O)CS[C@H]23)cs1.O=C(O)C(F)(F)F. The number of hydrogen-bond donors (Lipinski definition) is 6. The fourth-order valence-corrected chi connectivity index (χ4v) is 6.56. The summed E-state index contributed by atoms with van der Waals surface area (Å²) in [6.07, 6.45) is -3.21. The van der Waals surface area contributed by atoms with Gasteiger partial charge in [0.15, 0.2) is 10.8 Å². The Morgan fingerprint density at radius 3 is 2.27 bits per heavy atom. The Morgan fingerprint density at radius 1 is 1.10 bits per heavy atom. The third-order valence-electron chi connectivity index (χ3n) is 6.94. The molecule has 21 heteroatoms. The summed E-state index contributed by atoms with van der Waals surface area (Å²) >= 11 is 2.26. The topological polar surface area (TPSA) is 253 Å². The third kappa shape index (κ3) is 7.57. The van der Waals surface area contributed by atoms with E-state index in [1.165, 1.54) is 35.4 Å². The van der Waals surface area contributed by atoms with Crippen molar-refractivity contribution in [2.45, 2.75) is 30.6 Å². The molecule has 0 spiro atoms. The van der Waals surface area contributed by atoms with Gasteiger partial charge in [-0.2, -0.15) is 13.2 Å². The van der Waals surface area contributed by atoms with Crippen molar-refractivity contribution in [3.8, 4) is 0 Å². The van der Waals surface area contributed by atoms with Gasteiger partial charge in [-0.15, -0.1) is 23.1 Å². The summed E-state index contributed by atoms with van der Waals surface area (Å²) in [7, 11) is 0. The van der Waals surface area contributed by atoms with Crippen LogP contribution in [-0.4, -0.2) is 107 Å². The van der Waals surface area contributed by atoms with Gasteiger partial charge in [0.25, 0.3) is 11.8 Å². The Balaban J connectivity index is 0.000000671. The highest BCUT2D eigenvalue weighted by Gasteiger charge is 2.54. The van der Waals surface area contributed by atoms with E-state index < -0.39 is 53.0 Å². The highest BCUT2D eigenvalue weighted by molar-refractivity contribution is 8.00. The van der Waals surface area contributed by atoms with Crippen LogP contribution in [-0.2, 0) is 30.5 Å². The number of benzene rings is 1. The van der Waals surface area contributed by atoms with Gasteiger partial charge in [-0.3, -0.25) is 19.3 Å². The van der Waals surface area contributed by atoms with Crippen molar-refractivity contribution >= 4 is 69.6 Å². The molecule has 7 N–H and O–H groups in total. The molecule has 2 saturated heterocycles. The minimum absolute atomic E-state index is 0.0278. The number of aromatic carboxylic acids is 1. The maximum Gasteiger partial charge on any atom is 0.490 e. The Hall–Kier alpha value is -5.44. The number of aromatic nitrogens is 1. The molecule has 2 atom stereocenters. The number of fused-ring (bicyclic) bond motifs is 1. The summed E-state index contributed by atoms with van der Waals surface area (Å²) in [5.74, 6) is -6.81. The Kier molecular flexibility index (Phi) is 10.4. The number of carbonyl (C=O) groups excluding carboxylic acids is 3. The molecule has 4 heterocycles. The average Bonchev–Trinajstić information content (AvgIpc) is 3.60. The second-order valence-corrected chi connectivity index (χ2v) is 12.0.